The van der Waals surface area contributed by atoms with E-state index in [1.807, 2.05) is 33.8 Å². The van der Waals surface area contributed by atoms with Crippen molar-refractivity contribution in [1.29, 1.82) is 0 Å². The van der Waals surface area contributed by atoms with Gasteiger partial charge in [0.1, 0.15) is 5.60 Å². The molecule has 27 heavy (non-hydrogen) atoms. The van der Waals surface area contributed by atoms with E-state index in [0.29, 0.717) is 37.3 Å². The van der Waals surface area contributed by atoms with E-state index >= 15 is 0 Å². The molecule has 1 amide bonds. The topological polar surface area (TPSA) is 70.1 Å². The lowest BCUT2D eigenvalue weighted by atomic mass is 10.0. The van der Waals surface area contributed by atoms with Crippen molar-refractivity contribution in [3.63, 3.8) is 0 Å². The van der Waals surface area contributed by atoms with Crippen molar-refractivity contribution in [2.24, 2.45) is 0 Å². The Bertz CT molecular complexity index is 702. The van der Waals surface area contributed by atoms with E-state index in [1.165, 1.54) is 6.92 Å². The second-order valence-electron chi connectivity index (χ2n) is 8.09. The van der Waals surface area contributed by atoms with Crippen molar-refractivity contribution >= 4 is 27.8 Å². The summed E-state index contributed by atoms with van der Waals surface area (Å²) in [4.78, 5) is 27.9. The van der Waals surface area contributed by atoms with Gasteiger partial charge in [-0.3, -0.25) is 9.69 Å². The van der Waals surface area contributed by atoms with Crippen molar-refractivity contribution in [3.05, 3.63) is 33.8 Å². The Labute approximate surface area is 169 Å². The Morgan fingerprint density at radius 2 is 2.00 bits per heavy atom. The van der Waals surface area contributed by atoms with E-state index in [0.717, 1.165) is 4.47 Å². The number of rotatable bonds is 4. The molecular formula is C20H29BrN2O4. The molecule has 1 fully saturated rings. The summed E-state index contributed by atoms with van der Waals surface area (Å²) in [6.07, 6.45) is -0.995. The maximum atomic E-state index is 12.3. The van der Waals surface area contributed by atoms with Crippen LogP contribution in [0.15, 0.2) is 22.7 Å². The Kier molecular flexibility index (Phi) is 7.05. The summed E-state index contributed by atoms with van der Waals surface area (Å²) >= 11 is 3.37. The van der Waals surface area contributed by atoms with E-state index < -0.39 is 11.7 Å². The van der Waals surface area contributed by atoms with Crippen LogP contribution in [0.2, 0.25) is 0 Å². The Morgan fingerprint density at radius 3 is 2.56 bits per heavy atom. The molecule has 150 valence electrons. The number of aliphatic hydroxyl groups excluding tert-OH is 1. The van der Waals surface area contributed by atoms with Crippen molar-refractivity contribution in [3.8, 4) is 0 Å². The Hall–Kier alpha value is -1.44. The van der Waals surface area contributed by atoms with Crippen LogP contribution in [-0.2, 0) is 4.74 Å². The zero-order valence-electron chi connectivity index (χ0n) is 16.7. The molecule has 7 heteroatoms. The monoisotopic (exact) mass is 440 g/mol. The molecule has 2 rings (SSSR count). The number of hydrogen-bond acceptors (Lipinski definition) is 5. The van der Waals surface area contributed by atoms with Crippen LogP contribution in [0.1, 0.15) is 56.6 Å². The van der Waals surface area contributed by atoms with Crippen LogP contribution in [0.25, 0.3) is 0 Å². The number of carbonyl (C=O) groups is 2. The van der Waals surface area contributed by atoms with Crippen molar-refractivity contribution < 1.29 is 19.4 Å². The summed E-state index contributed by atoms with van der Waals surface area (Å²) in [7, 11) is 0. The van der Waals surface area contributed by atoms with Crippen LogP contribution in [0.3, 0.4) is 0 Å². The SMILES string of the molecule is CC(=O)c1cc(C(O)CN2CCN(C(=O)OC(C)(C)C)[C@H](C)C2)ccc1Br. The molecule has 6 nitrogen and oxygen atoms in total. The van der Waals surface area contributed by atoms with Gasteiger partial charge in [-0.25, -0.2) is 4.79 Å². The standard InChI is InChI=1S/C20H29BrN2O4/c1-13-11-22(8-9-23(13)19(26)27-20(3,4)5)12-18(25)15-6-7-17(21)16(10-15)14(2)24/h6-7,10,13,18,25H,8-9,11-12H2,1-5H3/t13-,18?/m1/s1. The summed E-state index contributed by atoms with van der Waals surface area (Å²) in [6, 6.07) is 5.34. The molecule has 0 aromatic heterocycles. The number of ether oxygens (including phenoxy) is 1. The minimum atomic E-state index is -0.698. The molecule has 1 unspecified atom stereocenters. The molecule has 1 aromatic rings. The highest BCUT2D eigenvalue weighted by molar-refractivity contribution is 9.10. The molecule has 1 aliphatic rings. The predicted molar refractivity (Wildman–Crippen MR) is 108 cm³/mol. The van der Waals surface area contributed by atoms with Crippen molar-refractivity contribution in [1.82, 2.24) is 9.80 Å². The lowest BCUT2D eigenvalue weighted by Crippen LogP contribution is -2.55. The largest absolute Gasteiger partial charge is 0.444 e. The minimum Gasteiger partial charge on any atom is -0.444 e. The van der Waals surface area contributed by atoms with Crippen LogP contribution in [0, 0.1) is 0 Å². The third-order valence-electron chi connectivity index (χ3n) is 4.53. The van der Waals surface area contributed by atoms with E-state index in [-0.39, 0.29) is 17.9 Å². The van der Waals surface area contributed by atoms with Gasteiger partial charge in [-0.05, 0) is 52.3 Å². The molecule has 0 spiro atoms. The third kappa shape index (κ3) is 6.02. The van der Waals surface area contributed by atoms with Gasteiger partial charge < -0.3 is 14.7 Å². The number of Topliss-reactive ketones (excluding diaryl/α,β-unsaturated/α-hetero) is 1. The highest BCUT2D eigenvalue weighted by Crippen LogP contribution is 2.24. The van der Waals surface area contributed by atoms with Crippen LogP contribution in [0.4, 0.5) is 4.79 Å². The van der Waals surface area contributed by atoms with Gasteiger partial charge in [0.05, 0.1) is 6.10 Å². The van der Waals surface area contributed by atoms with Gasteiger partial charge in [0, 0.05) is 42.3 Å². The number of halogens is 1. The Morgan fingerprint density at radius 1 is 1.33 bits per heavy atom. The lowest BCUT2D eigenvalue weighted by molar-refractivity contribution is -0.00421. The van der Waals surface area contributed by atoms with Gasteiger partial charge >= 0.3 is 6.09 Å². The van der Waals surface area contributed by atoms with Crippen molar-refractivity contribution in [2.45, 2.75) is 52.4 Å². The molecule has 0 radical (unpaired) electrons. The third-order valence-corrected chi connectivity index (χ3v) is 5.22. The van der Waals surface area contributed by atoms with Gasteiger partial charge in [0.2, 0.25) is 0 Å². The zero-order chi connectivity index (χ0) is 20.4. The maximum Gasteiger partial charge on any atom is 0.410 e. The van der Waals surface area contributed by atoms with Crippen LogP contribution >= 0.6 is 15.9 Å². The average Bonchev–Trinajstić information content (AvgIpc) is 2.53. The number of benzene rings is 1. The molecule has 0 bridgehead atoms. The van der Waals surface area contributed by atoms with Crippen molar-refractivity contribution in [2.75, 3.05) is 26.2 Å². The first-order valence-corrected chi connectivity index (χ1v) is 9.97. The number of piperazine rings is 1. The summed E-state index contributed by atoms with van der Waals surface area (Å²) in [5, 5.41) is 10.6. The molecular weight excluding hydrogens is 412 g/mol. The lowest BCUT2D eigenvalue weighted by Gasteiger charge is -2.40. The highest BCUT2D eigenvalue weighted by Gasteiger charge is 2.31. The zero-order valence-corrected chi connectivity index (χ0v) is 18.2. The van der Waals surface area contributed by atoms with E-state index in [9.17, 15) is 14.7 Å². The second kappa shape index (κ2) is 8.71. The smallest absolute Gasteiger partial charge is 0.410 e. The average molecular weight is 441 g/mol. The van der Waals surface area contributed by atoms with E-state index in [2.05, 4.69) is 20.8 Å². The fourth-order valence-electron chi connectivity index (χ4n) is 3.16. The van der Waals surface area contributed by atoms with Gasteiger partial charge in [-0.1, -0.05) is 22.0 Å². The van der Waals surface area contributed by atoms with Crippen LogP contribution in [0.5, 0.6) is 0 Å². The quantitative estimate of drug-likeness (QED) is 0.723. The number of hydrogen-bond donors (Lipinski definition) is 1. The molecule has 2 atom stereocenters. The summed E-state index contributed by atoms with van der Waals surface area (Å²) in [6.45, 7) is 11.4. The number of β-amino-alcohol motifs (C(OH)–C–C–N with tert-alkyl or cyclic N) is 1. The number of nitrogens with zero attached hydrogens (tertiary/aromatic N) is 2. The highest BCUT2D eigenvalue weighted by atomic mass is 79.9. The first-order valence-electron chi connectivity index (χ1n) is 9.18. The van der Waals surface area contributed by atoms with E-state index in [1.54, 1.807) is 17.0 Å². The maximum absolute atomic E-state index is 12.3. The Balaban J connectivity index is 1.97. The number of amides is 1. The normalized spacial score (nSPS) is 19.7. The minimum absolute atomic E-state index is 0.00139. The molecule has 1 saturated heterocycles. The fourth-order valence-corrected chi connectivity index (χ4v) is 3.69. The van der Waals surface area contributed by atoms with Gasteiger partial charge in [0.15, 0.2) is 5.78 Å². The summed E-state index contributed by atoms with van der Waals surface area (Å²) < 4.78 is 6.19. The van der Waals surface area contributed by atoms with Gasteiger partial charge in [-0.15, -0.1) is 0 Å². The molecule has 0 saturated carbocycles. The first kappa shape index (κ1) is 21.9. The number of carbonyl (C=O) groups excluding carboxylic acids is 2. The van der Waals surface area contributed by atoms with Gasteiger partial charge in [-0.2, -0.15) is 0 Å². The summed E-state index contributed by atoms with van der Waals surface area (Å²) in [5.41, 5.74) is 0.764. The molecule has 1 aliphatic heterocycles. The van der Waals surface area contributed by atoms with E-state index in [4.69, 9.17) is 4.74 Å². The first-order chi connectivity index (χ1) is 12.5. The predicted octanol–water partition coefficient (Wildman–Crippen LogP) is 3.63. The van der Waals surface area contributed by atoms with Crippen LogP contribution in [-0.4, -0.2) is 64.6 Å². The second-order valence-corrected chi connectivity index (χ2v) is 8.95. The number of ketones is 1. The fraction of sp³-hybridized carbons (Fsp3) is 0.600. The van der Waals surface area contributed by atoms with Gasteiger partial charge in [0.25, 0.3) is 0 Å². The molecule has 0 aliphatic carbocycles. The molecule has 1 heterocycles. The molecule has 1 aromatic carbocycles. The summed E-state index contributed by atoms with van der Waals surface area (Å²) in [5.74, 6) is -0.0458. The molecule has 1 N–H and O–H groups in total. The number of aliphatic hydroxyl groups is 1. The van der Waals surface area contributed by atoms with Crippen LogP contribution < -0.4 is 0 Å².